The molecule has 0 radical (unpaired) electrons. The van der Waals surface area contributed by atoms with Crippen molar-refractivity contribution in [3.8, 4) is 9.88 Å². The molecule has 0 fully saturated rings. The third kappa shape index (κ3) is 6.77. The van der Waals surface area contributed by atoms with Crippen molar-refractivity contribution in [1.29, 1.82) is 0 Å². The fourth-order valence-electron chi connectivity index (χ4n) is 3.68. The van der Waals surface area contributed by atoms with Gasteiger partial charge in [0.25, 0.3) is 0 Å². The van der Waals surface area contributed by atoms with Crippen LogP contribution in [0.5, 0.6) is 0 Å². The van der Waals surface area contributed by atoms with E-state index in [1.165, 1.54) is 12.7 Å². The average molecular weight is 506 g/mol. The topological polar surface area (TPSA) is 80.3 Å². The van der Waals surface area contributed by atoms with Gasteiger partial charge < -0.3 is 15.4 Å². The Balaban J connectivity index is 1.59. The molecule has 180 valence electrons. The molecule has 2 aromatic heterocycles. The molecule has 0 aliphatic carbocycles. The molecule has 2 N–H and O–H groups in total. The molecule has 1 unspecified atom stereocenters. The first kappa shape index (κ1) is 24.6. The summed E-state index contributed by atoms with van der Waals surface area (Å²) in [7, 11) is 1.29. The molecule has 0 bridgehead atoms. The minimum Gasteiger partial charge on any atom is -0.453 e. The summed E-state index contributed by atoms with van der Waals surface area (Å²) in [5.74, 6) is -0.290. The second kappa shape index (κ2) is 11.8. The first-order valence-electron chi connectivity index (χ1n) is 11.3. The van der Waals surface area contributed by atoms with Crippen molar-refractivity contribution in [2.75, 3.05) is 7.11 Å². The lowest BCUT2D eigenvalue weighted by Gasteiger charge is -2.23. The number of alkyl carbamates (subject to hydrolysis) is 1. The van der Waals surface area contributed by atoms with Crippen LogP contribution in [0.15, 0.2) is 77.5 Å². The summed E-state index contributed by atoms with van der Waals surface area (Å²) in [6.07, 6.45) is 0.275. The number of thiazole rings is 1. The Morgan fingerprint density at radius 3 is 2.34 bits per heavy atom. The maximum Gasteiger partial charge on any atom is 0.407 e. The van der Waals surface area contributed by atoms with E-state index in [1.807, 2.05) is 60.1 Å². The van der Waals surface area contributed by atoms with Gasteiger partial charge in [-0.3, -0.25) is 4.79 Å². The molecule has 4 aromatic rings. The lowest BCUT2D eigenvalue weighted by molar-refractivity contribution is -0.123. The zero-order valence-electron chi connectivity index (χ0n) is 19.6. The first-order chi connectivity index (χ1) is 17.0. The summed E-state index contributed by atoms with van der Waals surface area (Å²) in [5.41, 5.74) is 4.00. The van der Waals surface area contributed by atoms with E-state index in [9.17, 15) is 9.59 Å². The largest absolute Gasteiger partial charge is 0.453 e. The van der Waals surface area contributed by atoms with E-state index in [0.717, 1.165) is 26.7 Å². The summed E-state index contributed by atoms with van der Waals surface area (Å²) < 4.78 is 4.77. The summed E-state index contributed by atoms with van der Waals surface area (Å²) >= 11 is 3.19. The zero-order valence-corrected chi connectivity index (χ0v) is 21.2. The number of carbonyl (C=O) groups excluding carboxylic acids is 2. The van der Waals surface area contributed by atoms with Crippen molar-refractivity contribution in [2.24, 2.45) is 0 Å². The SMILES string of the molecule is COC(=O)N[C@@H](Cc1ccccc1)C(=O)NC(Cc1ccc(C)cc1)c1csc(-c2cccs2)n1. The van der Waals surface area contributed by atoms with E-state index in [1.54, 1.807) is 22.7 Å². The highest BCUT2D eigenvalue weighted by Crippen LogP contribution is 2.30. The maximum atomic E-state index is 13.5. The zero-order chi connectivity index (χ0) is 24.6. The van der Waals surface area contributed by atoms with Crippen molar-refractivity contribution >= 4 is 34.7 Å². The molecular formula is C27H27N3O3S2. The van der Waals surface area contributed by atoms with Crippen molar-refractivity contribution in [3.05, 3.63) is 99.9 Å². The lowest BCUT2D eigenvalue weighted by Crippen LogP contribution is -2.49. The number of hydrogen-bond donors (Lipinski definition) is 2. The van der Waals surface area contributed by atoms with E-state index in [0.29, 0.717) is 12.8 Å². The van der Waals surface area contributed by atoms with Gasteiger partial charge in [-0.25, -0.2) is 9.78 Å². The van der Waals surface area contributed by atoms with E-state index < -0.39 is 12.1 Å². The molecule has 2 atom stereocenters. The summed E-state index contributed by atoms with van der Waals surface area (Å²) in [6, 6.07) is 20.7. The van der Waals surface area contributed by atoms with Crippen molar-refractivity contribution in [1.82, 2.24) is 15.6 Å². The second-order valence-electron chi connectivity index (χ2n) is 8.18. The van der Waals surface area contributed by atoms with Crippen LogP contribution in [0, 0.1) is 6.92 Å². The number of ether oxygens (including phenoxy) is 1. The van der Waals surface area contributed by atoms with Crippen LogP contribution in [0.2, 0.25) is 0 Å². The molecule has 6 nitrogen and oxygen atoms in total. The van der Waals surface area contributed by atoms with E-state index >= 15 is 0 Å². The molecule has 2 amide bonds. The van der Waals surface area contributed by atoms with Crippen LogP contribution in [0.25, 0.3) is 9.88 Å². The number of amides is 2. The number of methoxy groups -OCH3 is 1. The van der Waals surface area contributed by atoms with Gasteiger partial charge in [0.2, 0.25) is 5.91 Å². The first-order valence-corrected chi connectivity index (χ1v) is 13.0. The summed E-state index contributed by atoms with van der Waals surface area (Å²) in [4.78, 5) is 31.4. The molecular weight excluding hydrogens is 478 g/mol. The van der Waals surface area contributed by atoms with Gasteiger partial charge in [0.1, 0.15) is 11.0 Å². The maximum absolute atomic E-state index is 13.5. The highest BCUT2D eigenvalue weighted by Gasteiger charge is 2.26. The summed E-state index contributed by atoms with van der Waals surface area (Å²) in [5, 5.41) is 10.8. The van der Waals surface area contributed by atoms with Crippen molar-refractivity contribution in [3.63, 3.8) is 0 Å². The average Bonchev–Trinajstić information content (AvgIpc) is 3.57. The standard InChI is InChI=1S/C27H27N3O3S2/c1-18-10-12-20(13-11-18)15-21(23-17-35-26(29-23)24-9-6-14-34-24)28-25(31)22(30-27(32)33-2)16-19-7-4-3-5-8-19/h3-14,17,21-22H,15-16H2,1-2H3,(H,28,31)(H,30,32)/t21?,22-/m0/s1. The van der Waals surface area contributed by atoms with Crippen LogP contribution in [0.3, 0.4) is 0 Å². The van der Waals surface area contributed by atoms with E-state index in [4.69, 9.17) is 9.72 Å². The van der Waals surface area contributed by atoms with Gasteiger partial charge in [0, 0.05) is 11.8 Å². The molecule has 35 heavy (non-hydrogen) atoms. The Kier molecular flexibility index (Phi) is 8.28. The predicted molar refractivity (Wildman–Crippen MR) is 141 cm³/mol. The van der Waals surface area contributed by atoms with Gasteiger partial charge >= 0.3 is 6.09 Å². The Labute approximate surface area is 213 Å². The fourth-order valence-corrected chi connectivity index (χ4v) is 5.37. The van der Waals surface area contributed by atoms with Crippen LogP contribution in [-0.4, -0.2) is 30.1 Å². The molecule has 0 aliphatic rings. The number of aryl methyl sites for hydroxylation is 1. The Morgan fingerprint density at radius 1 is 0.914 bits per heavy atom. The number of hydrogen-bond acceptors (Lipinski definition) is 6. The van der Waals surface area contributed by atoms with E-state index in [-0.39, 0.29) is 11.9 Å². The second-order valence-corrected chi connectivity index (χ2v) is 9.99. The van der Waals surface area contributed by atoms with Gasteiger partial charge in [0.05, 0.1) is 23.7 Å². The fraction of sp³-hybridized carbons (Fsp3) is 0.222. The van der Waals surface area contributed by atoms with Crippen molar-refractivity contribution in [2.45, 2.75) is 31.8 Å². The quantitative estimate of drug-likeness (QED) is 0.313. The Morgan fingerprint density at radius 2 is 1.66 bits per heavy atom. The van der Waals surface area contributed by atoms with Gasteiger partial charge in [-0.1, -0.05) is 66.2 Å². The van der Waals surface area contributed by atoms with Gasteiger partial charge in [0.15, 0.2) is 0 Å². The Hall–Kier alpha value is -3.49. The number of carbonyl (C=O) groups is 2. The molecule has 2 heterocycles. The van der Waals surface area contributed by atoms with Crippen molar-refractivity contribution < 1.29 is 14.3 Å². The Bertz CT molecular complexity index is 1240. The smallest absolute Gasteiger partial charge is 0.407 e. The van der Waals surface area contributed by atoms with Gasteiger partial charge in [-0.15, -0.1) is 22.7 Å². The molecule has 0 saturated heterocycles. The molecule has 2 aromatic carbocycles. The highest BCUT2D eigenvalue weighted by molar-refractivity contribution is 7.20. The number of nitrogens with one attached hydrogen (secondary N) is 2. The molecule has 0 saturated carbocycles. The summed E-state index contributed by atoms with van der Waals surface area (Å²) in [6.45, 7) is 2.05. The van der Waals surface area contributed by atoms with Crippen LogP contribution in [-0.2, 0) is 22.4 Å². The predicted octanol–water partition coefficient (Wildman–Crippen LogP) is 5.55. The number of thiophene rings is 1. The third-order valence-electron chi connectivity index (χ3n) is 5.56. The third-order valence-corrected chi connectivity index (χ3v) is 7.46. The van der Waals surface area contributed by atoms with E-state index in [2.05, 4.69) is 34.9 Å². The number of benzene rings is 2. The molecule has 0 spiro atoms. The minimum atomic E-state index is -0.791. The monoisotopic (exact) mass is 505 g/mol. The molecule has 8 heteroatoms. The highest BCUT2D eigenvalue weighted by atomic mass is 32.1. The molecule has 4 rings (SSSR count). The van der Waals surface area contributed by atoms with Gasteiger partial charge in [-0.05, 0) is 35.9 Å². The normalized spacial score (nSPS) is 12.5. The number of rotatable bonds is 9. The van der Waals surface area contributed by atoms with Gasteiger partial charge in [-0.2, -0.15) is 0 Å². The lowest BCUT2D eigenvalue weighted by atomic mass is 10.0. The van der Waals surface area contributed by atoms with Crippen LogP contribution in [0.4, 0.5) is 4.79 Å². The number of aromatic nitrogens is 1. The van der Waals surface area contributed by atoms with Crippen LogP contribution >= 0.6 is 22.7 Å². The molecule has 0 aliphatic heterocycles. The van der Waals surface area contributed by atoms with Crippen LogP contribution < -0.4 is 10.6 Å². The number of nitrogens with zero attached hydrogens (tertiary/aromatic N) is 1. The minimum absolute atomic E-state index is 0.290. The van der Waals surface area contributed by atoms with Crippen LogP contribution in [0.1, 0.15) is 28.4 Å².